The van der Waals surface area contributed by atoms with Crippen molar-refractivity contribution in [1.82, 2.24) is 15.0 Å². The van der Waals surface area contributed by atoms with Crippen LogP contribution in [-0.4, -0.2) is 21.5 Å². The molecule has 134 valence electrons. The average Bonchev–Trinajstić information content (AvgIpc) is 2.61. The molecule has 0 radical (unpaired) electrons. The lowest BCUT2D eigenvalue weighted by atomic mass is 10.2. The molecule has 0 aliphatic carbocycles. The second-order valence-corrected chi connectivity index (χ2v) is 6.22. The maximum absolute atomic E-state index is 14.2. The number of benzene rings is 1. The average molecular weight is 373 g/mol. The molecule has 0 spiro atoms. The number of rotatable bonds is 6. The van der Waals surface area contributed by atoms with Gasteiger partial charge in [0.15, 0.2) is 5.82 Å². The van der Waals surface area contributed by atoms with E-state index in [2.05, 4.69) is 20.3 Å². The molecular formula is C19H18ClFN4O. The molecule has 0 bridgehead atoms. The number of hydrogen-bond donors (Lipinski definition) is 2. The van der Waals surface area contributed by atoms with Crippen molar-refractivity contribution in [2.75, 3.05) is 11.9 Å². The molecule has 0 atom stereocenters. The largest absolute Gasteiger partial charge is 0.370 e. The minimum atomic E-state index is -0.458. The summed E-state index contributed by atoms with van der Waals surface area (Å²) in [4.78, 5) is 22.7. The highest BCUT2D eigenvalue weighted by Gasteiger charge is 2.11. The van der Waals surface area contributed by atoms with Crippen LogP contribution in [0.1, 0.15) is 18.2 Å². The number of hydrogen-bond acceptors (Lipinski definition) is 4. The van der Waals surface area contributed by atoms with Crippen molar-refractivity contribution in [3.63, 3.8) is 0 Å². The van der Waals surface area contributed by atoms with Crippen molar-refractivity contribution in [2.24, 2.45) is 0 Å². The highest BCUT2D eigenvalue weighted by Crippen LogP contribution is 2.24. The Morgan fingerprint density at radius 3 is 2.77 bits per heavy atom. The summed E-state index contributed by atoms with van der Waals surface area (Å²) < 4.78 is 14.2. The lowest BCUT2D eigenvalue weighted by Gasteiger charge is -2.10. The van der Waals surface area contributed by atoms with Gasteiger partial charge in [-0.2, -0.15) is 0 Å². The van der Waals surface area contributed by atoms with Gasteiger partial charge < -0.3 is 10.3 Å². The van der Waals surface area contributed by atoms with Crippen LogP contribution in [-0.2, 0) is 12.8 Å². The summed E-state index contributed by atoms with van der Waals surface area (Å²) in [6, 6.07) is 9.70. The van der Waals surface area contributed by atoms with E-state index in [4.69, 9.17) is 11.6 Å². The quantitative estimate of drug-likeness (QED) is 0.689. The van der Waals surface area contributed by atoms with Gasteiger partial charge >= 0.3 is 0 Å². The van der Waals surface area contributed by atoms with Gasteiger partial charge in [0.05, 0.1) is 5.56 Å². The number of aromatic nitrogens is 3. The highest BCUT2D eigenvalue weighted by atomic mass is 35.5. The molecule has 3 aromatic rings. The third-order valence-electron chi connectivity index (χ3n) is 3.87. The number of anilines is 1. The van der Waals surface area contributed by atoms with Crippen LogP contribution in [0.4, 0.5) is 10.2 Å². The Bertz CT molecular complexity index is 974. The maximum atomic E-state index is 14.2. The predicted octanol–water partition coefficient (Wildman–Crippen LogP) is 3.84. The van der Waals surface area contributed by atoms with E-state index in [0.29, 0.717) is 41.6 Å². The number of H-pyrrole nitrogens is 1. The van der Waals surface area contributed by atoms with E-state index in [1.807, 2.05) is 19.1 Å². The molecule has 0 fully saturated rings. The molecule has 3 rings (SSSR count). The molecule has 0 amide bonds. The van der Waals surface area contributed by atoms with E-state index >= 15 is 0 Å². The molecule has 1 aromatic carbocycles. The summed E-state index contributed by atoms with van der Waals surface area (Å²) in [7, 11) is 0. The minimum absolute atomic E-state index is 0.127. The van der Waals surface area contributed by atoms with Crippen LogP contribution in [0, 0.1) is 5.82 Å². The summed E-state index contributed by atoms with van der Waals surface area (Å²) in [5.41, 5.74) is 1.92. The predicted molar refractivity (Wildman–Crippen MR) is 101 cm³/mol. The van der Waals surface area contributed by atoms with Gasteiger partial charge in [0.2, 0.25) is 5.56 Å². The molecule has 0 saturated carbocycles. The van der Waals surface area contributed by atoms with Crippen molar-refractivity contribution >= 4 is 17.4 Å². The second-order valence-electron chi connectivity index (χ2n) is 5.78. The zero-order valence-corrected chi connectivity index (χ0v) is 15.0. The van der Waals surface area contributed by atoms with Gasteiger partial charge in [-0.3, -0.25) is 4.79 Å². The molecule has 7 heteroatoms. The number of nitrogens with one attached hydrogen (secondary N) is 2. The summed E-state index contributed by atoms with van der Waals surface area (Å²) in [5, 5.41) is 3.54. The van der Waals surface area contributed by atoms with E-state index in [9.17, 15) is 9.18 Å². The van der Waals surface area contributed by atoms with Gasteiger partial charge in [-0.25, -0.2) is 14.4 Å². The van der Waals surface area contributed by atoms with E-state index in [1.54, 1.807) is 24.4 Å². The smallest absolute Gasteiger partial charge is 0.248 e. The van der Waals surface area contributed by atoms with E-state index in [-0.39, 0.29) is 5.56 Å². The molecule has 0 unspecified atom stereocenters. The van der Waals surface area contributed by atoms with Crippen LogP contribution >= 0.6 is 11.6 Å². The Morgan fingerprint density at radius 2 is 2.04 bits per heavy atom. The maximum Gasteiger partial charge on any atom is 0.248 e. The molecule has 0 aliphatic heterocycles. The first-order valence-electron chi connectivity index (χ1n) is 8.30. The van der Waals surface area contributed by atoms with E-state index in [0.717, 1.165) is 11.3 Å². The second kappa shape index (κ2) is 8.10. The normalized spacial score (nSPS) is 10.7. The van der Waals surface area contributed by atoms with Gasteiger partial charge in [0.1, 0.15) is 11.6 Å². The Balaban J connectivity index is 1.80. The van der Waals surface area contributed by atoms with Crippen molar-refractivity contribution in [1.29, 1.82) is 0 Å². The van der Waals surface area contributed by atoms with Gasteiger partial charge in [-0.15, -0.1) is 0 Å². The Hall–Kier alpha value is -2.73. The third kappa shape index (κ3) is 4.46. The first-order chi connectivity index (χ1) is 12.5. The molecule has 2 heterocycles. The van der Waals surface area contributed by atoms with Crippen LogP contribution in [0.3, 0.4) is 0 Å². The fourth-order valence-corrected chi connectivity index (χ4v) is 2.70. The zero-order chi connectivity index (χ0) is 18.5. The van der Waals surface area contributed by atoms with Crippen LogP contribution in [0.15, 0.2) is 47.4 Å². The van der Waals surface area contributed by atoms with Gasteiger partial charge in [-0.1, -0.05) is 18.5 Å². The first kappa shape index (κ1) is 18.1. The molecular weight excluding hydrogens is 355 g/mol. The van der Waals surface area contributed by atoms with Gasteiger partial charge in [0.25, 0.3) is 0 Å². The highest BCUT2D eigenvalue weighted by molar-refractivity contribution is 6.30. The fraction of sp³-hybridized carbons (Fsp3) is 0.211. The van der Waals surface area contributed by atoms with Crippen molar-refractivity contribution in [2.45, 2.75) is 19.8 Å². The topological polar surface area (TPSA) is 70.7 Å². The molecule has 2 N–H and O–H groups in total. The number of nitrogens with zero attached hydrogens (tertiary/aromatic N) is 2. The zero-order valence-electron chi connectivity index (χ0n) is 14.2. The van der Waals surface area contributed by atoms with Crippen LogP contribution in [0.25, 0.3) is 11.4 Å². The van der Waals surface area contributed by atoms with E-state index in [1.165, 1.54) is 6.07 Å². The minimum Gasteiger partial charge on any atom is -0.370 e. The lowest BCUT2D eigenvalue weighted by molar-refractivity contribution is 0.630. The van der Waals surface area contributed by atoms with E-state index < -0.39 is 5.82 Å². The Kier molecular flexibility index (Phi) is 5.63. The van der Waals surface area contributed by atoms with Crippen molar-refractivity contribution in [3.05, 3.63) is 75.0 Å². The summed E-state index contributed by atoms with van der Waals surface area (Å²) in [6.07, 6.45) is 2.99. The summed E-state index contributed by atoms with van der Waals surface area (Å²) >= 11 is 5.81. The summed E-state index contributed by atoms with van der Waals surface area (Å²) in [6.45, 7) is 2.57. The Morgan fingerprint density at radius 1 is 1.19 bits per heavy atom. The fourth-order valence-electron chi connectivity index (χ4n) is 2.54. The number of aromatic amines is 1. The van der Waals surface area contributed by atoms with Gasteiger partial charge in [0, 0.05) is 35.6 Å². The van der Waals surface area contributed by atoms with Crippen LogP contribution in [0.2, 0.25) is 5.02 Å². The van der Waals surface area contributed by atoms with Crippen LogP contribution < -0.4 is 10.9 Å². The molecule has 0 saturated heterocycles. The third-order valence-corrected chi connectivity index (χ3v) is 4.11. The standard InChI is InChI=1S/C19H18ClFN4O/c1-2-14-11-17(22-7-5-12-6-8-23-18(26)9-12)25-19(24-14)15-4-3-13(20)10-16(15)21/h3-4,6,8-11H,2,5,7H2,1H3,(H,23,26)(H,22,24,25). The summed E-state index contributed by atoms with van der Waals surface area (Å²) in [5.74, 6) is 0.475. The molecule has 2 aromatic heterocycles. The van der Waals surface area contributed by atoms with Crippen molar-refractivity contribution in [3.8, 4) is 11.4 Å². The number of aryl methyl sites for hydroxylation is 1. The SMILES string of the molecule is CCc1cc(NCCc2cc[nH]c(=O)c2)nc(-c2ccc(Cl)cc2F)n1. The van der Waals surface area contributed by atoms with Crippen LogP contribution in [0.5, 0.6) is 0 Å². The number of pyridine rings is 1. The Labute approximate surface area is 155 Å². The molecule has 26 heavy (non-hydrogen) atoms. The van der Waals surface area contributed by atoms with Gasteiger partial charge in [-0.05, 0) is 42.7 Å². The molecule has 5 nitrogen and oxygen atoms in total. The monoisotopic (exact) mass is 372 g/mol. The number of halogens is 2. The molecule has 0 aliphatic rings. The first-order valence-corrected chi connectivity index (χ1v) is 8.68. The lowest BCUT2D eigenvalue weighted by Crippen LogP contribution is -2.11. The van der Waals surface area contributed by atoms with Crippen molar-refractivity contribution < 1.29 is 4.39 Å².